The number of nitrogens with zero attached hydrogens (tertiary/aromatic N) is 1. The zero-order chi connectivity index (χ0) is 15.3. The molecule has 1 saturated heterocycles. The molecule has 0 radical (unpaired) electrons. The van der Waals surface area contributed by atoms with Crippen LogP contribution in [0.1, 0.15) is 65.2 Å². The molecular weight excluding hydrogens is 260 g/mol. The van der Waals surface area contributed by atoms with Gasteiger partial charge in [0.1, 0.15) is 0 Å². The third kappa shape index (κ3) is 5.54. The van der Waals surface area contributed by atoms with Crippen molar-refractivity contribution in [1.82, 2.24) is 10.2 Å². The Hall–Kier alpha value is -0.120. The summed E-state index contributed by atoms with van der Waals surface area (Å²) in [6.07, 6.45) is 10.4. The fourth-order valence-electron chi connectivity index (χ4n) is 4.25. The molecule has 124 valence electrons. The first-order valence-corrected chi connectivity index (χ1v) is 9.04. The van der Waals surface area contributed by atoms with Gasteiger partial charge in [-0.3, -0.25) is 0 Å². The average Bonchev–Trinajstić information content (AvgIpc) is 2.38. The van der Waals surface area contributed by atoms with Crippen LogP contribution in [0.3, 0.4) is 0 Å². The van der Waals surface area contributed by atoms with Crippen molar-refractivity contribution < 1.29 is 4.74 Å². The van der Waals surface area contributed by atoms with Crippen LogP contribution in [-0.2, 0) is 4.74 Å². The quantitative estimate of drug-likeness (QED) is 0.812. The first-order valence-electron chi connectivity index (χ1n) is 9.04. The molecule has 2 atom stereocenters. The van der Waals surface area contributed by atoms with E-state index >= 15 is 0 Å². The first-order chi connectivity index (χ1) is 9.99. The number of nitrogens with one attached hydrogen (secondary N) is 1. The van der Waals surface area contributed by atoms with Gasteiger partial charge in [-0.05, 0) is 52.1 Å². The lowest BCUT2D eigenvalue weighted by molar-refractivity contribution is -0.110. The molecule has 1 N–H and O–H groups in total. The molecule has 3 heteroatoms. The normalized spacial score (nSPS) is 27.4. The maximum atomic E-state index is 6.23. The summed E-state index contributed by atoms with van der Waals surface area (Å²) >= 11 is 0. The topological polar surface area (TPSA) is 24.5 Å². The molecule has 2 aliphatic rings. The number of ether oxygens (including phenoxy) is 1. The Bertz CT molecular complexity index is 282. The zero-order valence-corrected chi connectivity index (χ0v) is 14.7. The molecule has 0 aromatic heterocycles. The molecule has 0 aromatic rings. The van der Waals surface area contributed by atoms with Gasteiger partial charge in [0.2, 0.25) is 0 Å². The lowest BCUT2D eigenvalue weighted by Gasteiger charge is -2.44. The number of likely N-dealkylation sites (N-methyl/N-ethyl adjacent to an activating group) is 1. The average molecular weight is 296 g/mol. The molecule has 3 nitrogen and oxygen atoms in total. The van der Waals surface area contributed by atoms with E-state index in [1.165, 1.54) is 51.4 Å². The SMILES string of the molecule is CC(C)CC(CN(C)C)NC1CCOC2(CCCCC2)C1. The highest BCUT2D eigenvalue weighted by molar-refractivity contribution is 4.93. The van der Waals surface area contributed by atoms with E-state index in [0.717, 1.165) is 19.1 Å². The first kappa shape index (κ1) is 17.2. The van der Waals surface area contributed by atoms with Crippen molar-refractivity contribution in [2.75, 3.05) is 27.2 Å². The minimum atomic E-state index is 0.217. The summed E-state index contributed by atoms with van der Waals surface area (Å²) in [6, 6.07) is 1.27. The van der Waals surface area contributed by atoms with E-state index in [-0.39, 0.29) is 5.60 Å². The van der Waals surface area contributed by atoms with Gasteiger partial charge < -0.3 is 15.0 Å². The van der Waals surface area contributed by atoms with Crippen molar-refractivity contribution in [3.05, 3.63) is 0 Å². The number of hydrogen-bond donors (Lipinski definition) is 1. The number of hydrogen-bond acceptors (Lipinski definition) is 3. The van der Waals surface area contributed by atoms with Crippen molar-refractivity contribution in [2.24, 2.45) is 5.92 Å². The van der Waals surface area contributed by atoms with Crippen molar-refractivity contribution in [2.45, 2.75) is 82.9 Å². The van der Waals surface area contributed by atoms with Gasteiger partial charge in [0.25, 0.3) is 0 Å². The van der Waals surface area contributed by atoms with Gasteiger partial charge in [-0.1, -0.05) is 33.1 Å². The summed E-state index contributed by atoms with van der Waals surface area (Å²) < 4.78 is 6.23. The Morgan fingerprint density at radius 1 is 1.19 bits per heavy atom. The fraction of sp³-hybridized carbons (Fsp3) is 1.00. The zero-order valence-electron chi connectivity index (χ0n) is 14.7. The molecule has 1 aliphatic carbocycles. The van der Waals surface area contributed by atoms with Crippen LogP contribution in [0.25, 0.3) is 0 Å². The van der Waals surface area contributed by atoms with Gasteiger partial charge in [0.15, 0.2) is 0 Å². The monoisotopic (exact) mass is 296 g/mol. The largest absolute Gasteiger partial charge is 0.375 e. The van der Waals surface area contributed by atoms with E-state index in [2.05, 4.69) is 38.2 Å². The predicted molar refractivity (Wildman–Crippen MR) is 89.7 cm³/mol. The molecule has 2 fully saturated rings. The molecule has 1 spiro atoms. The van der Waals surface area contributed by atoms with E-state index in [4.69, 9.17) is 4.74 Å². The Kier molecular flexibility index (Phi) is 6.51. The second-order valence-corrected chi connectivity index (χ2v) is 8.04. The van der Waals surface area contributed by atoms with E-state index in [1.807, 2.05) is 0 Å². The summed E-state index contributed by atoms with van der Waals surface area (Å²) in [4.78, 5) is 2.32. The van der Waals surface area contributed by atoms with Crippen molar-refractivity contribution in [3.8, 4) is 0 Å². The number of rotatable bonds is 6. The Morgan fingerprint density at radius 2 is 1.90 bits per heavy atom. The minimum absolute atomic E-state index is 0.217. The summed E-state index contributed by atoms with van der Waals surface area (Å²) in [5, 5.41) is 3.97. The van der Waals surface area contributed by atoms with Crippen LogP contribution in [0.4, 0.5) is 0 Å². The van der Waals surface area contributed by atoms with Gasteiger partial charge in [-0.2, -0.15) is 0 Å². The lowest BCUT2D eigenvalue weighted by atomic mass is 9.78. The minimum Gasteiger partial charge on any atom is -0.375 e. The van der Waals surface area contributed by atoms with Crippen LogP contribution in [0.15, 0.2) is 0 Å². The molecule has 2 rings (SSSR count). The maximum absolute atomic E-state index is 6.23. The summed E-state index contributed by atoms with van der Waals surface area (Å²) in [5.74, 6) is 0.755. The molecule has 1 aliphatic heterocycles. The van der Waals surface area contributed by atoms with Crippen LogP contribution in [0, 0.1) is 5.92 Å². The van der Waals surface area contributed by atoms with E-state index < -0.39 is 0 Å². The molecule has 1 saturated carbocycles. The molecule has 2 unspecified atom stereocenters. The maximum Gasteiger partial charge on any atom is 0.0697 e. The van der Waals surface area contributed by atoms with Crippen molar-refractivity contribution in [3.63, 3.8) is 0 Å². The molecular formula is C18H36N2O. The van der Waals surface area contributed by atoms with Crippen molar-refractivity contribution >= 4 is 0 Å². The highest BCUT2D eigenvalue weighted by Gasteiger charge is 2.38. The standard InChI is InChI=1S/C18H36N2O/c1-15(2)12-17(14-20(3)4)19-16-8-11-21-18(13-16)9-6-5-7-10-18/h15-17,19H,5-14H2,1-4H3. The van der Waals surface area contributed by atoms with Gasteiger partial charge >= 0.3 is 0 Å². The van der Waals surface area contributed by atoms with Crippen LogP contribution in [0.5, 0.6) is 0 Å². The van der Waals surface area contributed by atoms with Crippen LogP contribution >= 0.6 is 0 Å². The molecule has 21 heavy (non-hydrogen) atoms. The Balaban J connectivity index is 1.89. The molecule has 0 amide bonds. The second kappa shape index (κ2) is 7.94. The summed E-state index contributed by atoms with van der Waals surface area (Å²) in [6.45, 7) is 6.75. The van der Waals surface area contributed by atoms with E-state index in [9.17, 15) is 0 Å². The second-order valence-electron chi connectivity index (χ2n) is 8.04. The van der Waals surface area contributed by atoms with Crippen LogP contribution in [0.2, 0.25) is 0 Å². The van der Waals surface area contributed by atoms with Gasteiger partial charge in [-0.15, -0.1) is 0 Å². The summed E-state index contributed by atoms with van der Waals surface area (Å²) in [5.41, 5.74) is 0.217. The highest BCUT2D eigenvalue weighted by atomic mass is 16.5. The third-order valence-electron chi connectivity index (χ3n) is 5.07. The van der Waals surface area contributed by atoms with Crippen LogP contribution in [-0.4, -0.2) is 49.8 Å². The predicted octanol–water partition coefficient (Wildman–Crippen LogP) is 3.43. The fourth-order valence-corrected chi connectivity index (χ4v) is 4.25. The van der Waals surface area contributed by atoms with E-state index in [1.54, 1.807) is 0 Å². The van der Waals surface area contributed by atoms with Crippen molar-refractivity contribution in [1.29, 1.82) is 0 Å². The van der Waals surface area contributed by atoms with Gasteiger partial charge in [0, 0.05) is 25.2 Å². The Labute approximate surface area is 131 Å². The van der Waals surface area contributed by atoms with Gasteiger partial charge in [0.05, 0.1) is 5.60 Å². The molecule has 1 heterocycles. The smallest absolute Gasteiger partial charge is 0.0697 e. The molecule has 0 bridgehead atoms. The third-order valence-corrected chi connectivity index (χ3v) is 5.07. The summed E-state index contributed by atoms with van der Waals surface area (Å²) in [7, 11) is 4.36. The van der Waals surface area contributed by atoms with Crippen LogP contribution < -0.4 is 5.32 Å². The highest BCUT2D eigenvalue weighted by Crippen LogP contribution is 2.38. The van der Waals surface area contributed by atoms with E-state index in [0.29, 0.717) is 12.1 Å². The lowest BCUT2D eigenvalue weighted by Crippen LogP contribution is -2.52. The van der Waals surface area contributed by atoms with Gasteiger partial charge in [-0.25, -0.2) is 0 Å². The Morgan fingerprint density at radius 3 is 2.52 bits per heavy atom. The molecule has 0 aromatic carbocycles.